The topological polar surface area (TPSA) is 32.3 Å². The van der Waals surface area contributed by atoms with Gasteiger partial charge in [0.25, 0.3) is 0 Å². The van der Waals surface area contributed by atoms with Gasteiger partial charge in [-0.3, -0.25) is 0 Å². The number of benzene rings is 3. The maximum Gasteiger partial charge on any atom is 0.0910 e. The molecule has 0 amide bonds. The number of aliphatic hydroxyl groups is 1. The molecular formula is C24H25NOS. The van der Waals surface area contributed by atoms with Gasteiger partial charge < -0.3 is 10.4 Å². The van der Waals surface area contributed by atoms with Crippen molar-refractivity contribution in [1.29, 1.82) is 0 Å². The van der Waals surface area contributed by atoms with Crippen LogP contribution in [0.5, 0.6) is 0 Å². The van der Waals surface area contributed by atoms with Gasteiger partial charge in [-0.2, -0.15) is 0 Å². The number of nitrogens with one attached hydrogen (secondary N) is 1. The maximum atomic E-state index is 9.56. The average molecular weight is 376 g/mol. The lowest BCUT2D eigenvalue weighted by Crippen LogP contribution is -2.29. The molecule has 4 rings (SSSR count). The van der Waals surface area contributed by atoms with E-state index in [2.05, 4.69) is 96.3 Å². The van der Waals surface area contributed by atoms with E-state index in [1.54, 1.807) is 0 Å². The van der Waals surface area contributed by atoms with Gasteiger partial charge in [0.2, 0.25) is 0 Å². The van der Waals surface area contributed by atoms with Gasteiger partial charge in [0.15, 0.2) is 0 Å². The number of thioether (sulfide) groups is 1. The monoisotopic (exact) mass is 375 g/mol. The third-order valence-electron chi connectivity index (χ3n) is 5.29. The van der Waals surface area contributed by atoms with Crippen molar-refractivity contribution in [2.24, 2.45) is 0 Å². The van der Waals surface area contributed by atoms with Crippen molar-refractivity contribution in [2.75, 3.05) is 13.2 Å². The Morgan fingerprint density at radius 3 is 1.59 bits per heavy atom. The van der Waals surface area contributed by atoms with Crippen molar-refractivity contribution in [3.8, 4) is 0 Å². The van der Waals surface area contributed by atoms with E-state index in [-0.39, 0.29) is 17.4 Å². The molecule has 0 spiro atoms. The third-order valence-corrected chi connectivity index (χ3v) is 7.04. The van der Waals surface area contributed by atoms with Crippen LogP contribution in [-0.4, -0.2) is 29.5 Å². The summed E-state index contributed by atoms with van der Waals surface area (Å²) in [5.74, 6) is 0. The van der Waals surface area contributed by atoms with E-state index in [1.807, 2.05) is 11.8 Å². The summed E-state index contributed by atoms with van der Waals surface area (Å²) in [4.78, 5) is 0. The van der Waals surface area contributed by atoms with Crippen LogP contribution in [0.1, 0.15) is 23.1 Å². The second kappa shape index (κ2) is 8.30. The third kappa shape index (κ3) is 3.68. The first kappa shape index (κ1) is 18.3. The second-order valence-corrected chi connectivity index (χ2v) is 8.56. The summed E-state index contributed by atoms with van der Waals surface area (Å²) in [6.07, 6.45) is 0.982. The van der Waals surface area contributed by atoms with E-state index in [4.69, 9.17) is 0 Å². The smallest absolute Gasteiger partial charge is 0.0910 e. The Hall–Kier alpha value is -2.07. The Morgan fingerprint density at radius 1 is 0.778 bits per heavy atom. The molecule has 3 aromatic carbocycles. The van der Waals surface area contributed by atoms with Crippen LogP contribution in [-0.2, 0) is 4.75 Å². The van der Waals surface area contributed by atoms with Gasteiger partial charge in [0, 0.05) is 17.8 Å². The molecule has 1 fully saturated rings. The quantitative estimate of drug-likeness (QED) is 0.625. The minimum atomic E-state index is -0.277. The highest BCUT2D eigenvalue weighted by Crippen LogP contribution is 2.51. The zero-order valence-electron chi connectivity index (χ0n) is 15.3. The highest BCUT2D eigenvalue weighted by atomic mass is 32.2. The van der Waals surface area contributed by atoms with Crippen molar-refractivity contribution in [3.05, 3.63) is 108 Å². The molecule has 1 aliphatic heterocycles. The largest absolute Gasteiger partial charge is 0.395 e. The molecule has 3 heteroatoms. The highest BCUT2D eigenvalue weighted by molar-refractivity contribution is 8.01. The molecular weight excluding hydrogens is 350 g/mol. The molecule has 0 saturated carbocycles. The summed E-state index contributed by atoms with van der Waals surface area (Å²) in [7, 11) is 0. The Balaban J connectivity index is 1.87. The molecule has 0 bridgehead atoms. The number of hydrogen-bond donors (Lipinski definition) is 2. The normalized spacial score (nSPS) is 19.9. The number of hydrogen-bond acceptors (Lipinski definition) is 3. The van der Waals surface area contributed by atoms with Crippen LogP contribution in [0.4, 0.5) is 0 Å². The highest BCUT2D eigenvalue weighted by Gasteiger charge is 2.40. The minimum absolute atomic E-state index is 0.197. The summed E-state index contributed by atoms with van der Waals surface area (Å²) in [5.41, 5.74) is 3.87. The van der Waals surface area contributed by atoms with Crippen LogP contribution in [0.15, 0.2) is 91.0 Å². The summed E-state index contributed by atoms with van der Waals surface area (Å²) in [6, 6.07) is 32.6. The van der Waals surface area contributed by atoms with E-state index < -0.39 is 0 Å². The van der Waals surface area contributed by atoms with Crippen LogP contribution >= 0.6 is 11.8 Å². The van der Waals surface area contributed by atoms with Gasteiger partial charge in [-0.25, -0.2) is 0 Å². The first-order valence-corrected chi connectivity index (χ1v) is 10.4. The molecule has 138 valence electrons. The van der Waals surface area contributed by atoms with Gasteiger partial charge in [0.1, 0.15) is 0 Å². The van der Waals surface area contributed by atoms with Gasteiger partial charge in [0.05, 0.1) is 11.4 Å². The Morgan fingerprint density at radius 2 is 1.22 bits per heavy atom. The Kier molecular flexibility index (Phi) is 5.63. The van der Waals surface area contributed by atoms with E-state index in [1.165, 1.54) is 16.7 Å². The van der Waals surface area contributed by atoms with Crippen molar-refractivity contribution in [2.45, 2.75) is 22.5 Å². The molecule has 2 nitrogen and oxygen atoms in total. The molecule has 1 saturated heterocycles. The van der Waals surface area contributed by atoms with Crippen molar-refractivity contribution in [1.82, 2.24) is 5.32 Å². The van der Waals surface area contributed by atoms with Gasteiger partial charge in [-0.1, -0.05) is 91.0 Å². The van der Waals surface area contributed by atoms with Crippen molar-refractivity contribution < 1.29 is 5.11 Å². The maximum absolute atomic E-state index is 9.56. The van der Waals surface area contributed by atoms with E-state index in [0.29, 0.717) is 5.25 Å². The summed E-state index contributed by atoms with van der Waals surface area (Å²) in [6.45, 7) is 1.12. The average Bonchev–Trinajstić information content (AvgIpc) is 3.21. The van der Waals surface area contributed by atoms with Crippen LogP contribution < -0.4 is 5.32 Å². The fourth-order valence-corrected chi connectivity index (χ4v) is 5.81. The Bertz CT molecular complexity index is 741. The van der Waals surface area contributed by atoms with Crippen LogP contribution in [0.25, 0.3) is 0 Å². The lowest BCUT2D eigenvalue weighted by Gasteiger charge is -2.37. The fraction of sp³-hybridized carbons (Fsp3) is 0.250. The molecule has 27 heavy (non-hydrogen) atoms. The second-order valence-electron chi connectivity index (χ2n) is 7.04. The molecule has 2 atom stereocenters. The molecule has 1 heterocycles. The lowest BCUT2D eigenvalue weighted by atomic mass is 9.84. The van der Waals surface area contributed by atoms with Crippen LogP contribution in [0.3, 0.4) is 0 Å². The summed E-state index contributed by atoms with van der Waals surface area (Å²) < 4.78 is -0.277. The Labute approximate surface area is 165 Å². The fourth-order valence-electron chi connectivity index (χ4n) is 3.98. The predicted molar refractivity (Wildman–Crippen MR) is 114 cm³/mol. The molecule has 3 aromatic rings. The first-order valence-electron chi connectivity index (χ1n) is 9.51. The van der Waals surface area contributed by atoms with Crippen LogP contribution in [0, 0.1) is 0 Å². The van der Waals surface area contributed by atoms with Gasteiger partial charge >= 0.3 is 0 Å². The molecule has 0 radical (unpaired) electrons. The van der Waals surface area contributed by atoms with E-state index in [9.17, 15) is 5.11 Å². The number of aliphatic hydroxyl groups excluding tert-OH is 1. The first-order chi connectivity index (χ1) is 13.3. The zero-order chi connectivity index (χ0) is 18.5. The van der Waals surface area contributed by atoms with Crippen LogP contribution in [0.2, 0.25) is 0 Å². The SMILES string of the molecule is OCC1CC(SC(c2ccccc2)(c2ccccc2)c2ccccc2)CN1. The summed E-state index contributed by atoms with van der Waals surface area (Å²) in [5, 5.41) is 13.5. The minimum Gasteiger partial charge on any atom is -0.395 e. The summed E-state index contributed by atoms with van der Waals surface area (Å²) >= 11 is 2.00. The molecule has 1 aliphatic rings. The molecule has 0 aromatic heterocycles. The van der Waals surface area contributed by atoms with E-state index in [0.717, 1.165) is 13.0 Å². The molecule has 0 aliphatic carbocycles. The predicted octanol–water partition coefficient (Wildman–Crippen LogP) is 4.43. The van der Waals surface area contributed by atoms with Gasteiger partial charge in [-0.05, 0) is 23.1 Å². The van der Waals surface area contributed by atoms with Crippen molar-refractivity contribution in [3.63, 3.8) is 0 Å². The van der Waals surface area contributed by atoms with E-state index >= 15 is 0 Å². The lowest BCUT2D eigenvalue weighted by molar-refractivity contribution is 0.255. The van der Waals surface area contributed by atoms with Gasteiger partial charge in [-0.15, -0.1) is 11.8 Å². The zero-order valence-corrected chi connectivity index (χ0v) is 16.1. The van der Waals surface area contributed by atoms with Crippen molar-refractivity contribution >= 4 is 11.8 Å². The molecule has 2 N–H and O–H groups in total. The number of rotatable bonds is 6. The molecule has 2 unspecified atom stereocenters. The standard InChI is InChI=1S/C24H25NOS/c26-18-22-16-23(17-25-22)27-24(19-10-4-1-5-11-19,20-12-6-2-7-13-20)21-14-8-3-9-15-21/h1-15,22-23,25-26H,16-18H2.